The quantitative estimate of drug-likeness (QED) is 0.435. The average molecular weight is 294 g/mol. The summed E-state index contributed by atoms with van der Waals surface area (Å²) < 4.78 is 5.03. The molecule has 1 amide bonds. The number of carbonyl (C=O) groups is 1. The molecule has 0 radical (unpaired) electrons. The number of unbranched alkanes of at least 4 members (excludes halogenated alkanes) is 1. The molecule has 0 saturated heterocycles. The zero-order chi connectivity index (χ0) is 15.5. The molecule has 21 heavy (non-hydrogen) atoms. The summed E-state index contributed by atoms with van der Waals surface area (Å²) in [5.41, 5.74) is 0. The van der Waals surface area contributed by atoms with Crippen LogP contribution in [0.2, 0.25) is 0 Å². The van der Waals surface area contributed by atoms with Crippen molar-refractivity contribution in [3.8, 4) is 0 Å². The summed E-state index contributed by atoms with van der Waals surface area (Å²) in [6.07, 6.45) is 3.78. The van der Waals surface area contributed by atoms with Gasteiger partial charge in [0.2, 0.25) is 0 Å². The second kappa shape index (κ2) is 9.85. The monoisotopic (exact) mass is 294 g/mol. The van der Waals surface area contributed by atoms with Gasteiger partial charge in [0.05, 0.1) is 12.8 Å². The number of rotatable bonds is 8. The van der Waals surface area contributed by atoms with Crippen LogP contribution < -0.4 is 10.6 Å². The lowest BCUT2D eigenvalue weighted by Crippen LogP contribution is -2.40. The Hall–Kier alpha value is -1.98. The lowest BCUT2D eigenvalue weighted by molar-refractivity contribution is 0.0927. The summed E-state index contributed by atoms with van der Waals surface area (Å²) in [7, 11) is 2.03. The molecule has 0 unspecified atom stereocenters. The van der Waals surface area contributed by atoms with E-state index in [0.717, 1.165) is 31.9 Å². The van der Waals surface area contributed by atoms with E-state index in [0.29, 0.717) is 18.8 Å². The maximum Gasteiger partial charge on any atom is 0.287 e. The molecule has 1 aromatic heterocycles. The fraction of sp³-hybridized carbons (Fsp3) is 0.600. The third-order valence-corrected chi connectivity index (χ3v) is 2.95. The lowest BCUT2D eigenvalue weighted by atomic mass is 10.3. The van der Waals surface area contributed by atoms with Crippen molar-refractivity contribution in [2.24, 2.45) is 4.99 Å². The third kappa shape index (κ3) is 6.33. The van der Waals surface area contributed by atoms with E-state index >= 15 is 0 Å². The van der Waals surface area contributed by atoms with Gasteiger partial charge in [-0.3, -0.25) is 9.79 Å². The van der Waals surface area contributed by atoms with Gasteiger partial charge in [-0.25, -0.2) is 0 Å². The standard InChI is InChI=1S/C15H26N4O2/c1-4-6-11-19(3)15(16-5-2)18-10-9-17-14(20)13-8-7-12-21-13/h7-8,12H,4-6,9-11H2,1-3H3,(H,16,18)(H,17,20). The van der Waals surface area contributed by atoms with Crippen molar-refractivity contribution in [1.29, 1.82) is 0 Å². The first kappa shape index (κ1) is 17.1. The number of nitrogens with one attached hydrogen (secondary N) is 2. The minimum atomic E-state index is -0.209. The van der Waals surface area contributed by atoms with Gasteiger partial charge in [-0.1, -0.05) is 13.3 Å². The maximum atomic E-state index is 11.7. The molecule has 1 rings (SSSR count). The first-order valence-electron chi connectivity index (χ1n) is 7.50. The summed E-state index contributed by atoms with van der Waals surface area (Å²) in [4.78, 5) is 18.3. The van der Waals surface area contributed by atoms with Crippen LogP contribution in [0.5, 0.6) is 0 Å². The normalized spacial score (nSPS) is 11.3. The molecule has 6 nitrogen and oxygen atoms in total. The molecule has 2 N–H and O–H groups in total. The van der Waals surface area contributed by atoms with Gasteiger partial charge in [-0.05, 0) is 25.5 Å². The lowest BCUT2D eigenvalue weighted by Gasteiger charge is -2.21. The Kier molecular flexibility index (Phi) is 8.01. The Balaban J connectivity index is 2.38. The highest BCUT2D eigenvalue weighted by molar-refractivity contribution is 5.91. The molecule has 0 fully saturated rings. The van der Waals surface area contributed by atoms with E-state index in [1.165, 1.54) is 6.26 Å². The molecule has 0 spiro atoms. The number of amides is 1. The van der Waals surface area contributed by atoms with Crippen LogP contribution in [-0.4, -0.2) is 50.0 Å². The molecule has 0 aliphatic carbocycles. The second-order valence-corrected chi connectivity index (χ2v) is 4.74. The Bertz CT molecular complexity index is 429. The Morgan fingerprint density at radius 1 is 1.38 bits per heavy atom. The summed E-state index contributed by atoms with van der Waals surface area (Å²) in [6.45, 7) is 7.03. The highest BCUT2D eigenvalue weighted by Crippen LogP contribution is 1.98. The SMILES string of the molecule is CCCCN(C)C(=NCCNC(=O)c1ccco1)NCC. The summed E-state index contributed by atoms with van der Waals surface area (Å²) in [5.74, 6) is 0.990. The van der Waals surface area contributed by atoms with Crippen LogP contribution in [0, 0.1) is 0 Å². The summed E-state index contributed by atoms with van der Waals surface area (Å²) in [5, 5.41) is 6.03. The van der Waals surface area contributed by atoms with Gasteiger partial charge < -0.3 is 20.0 Å². The molecule has 0 saturated carbocycles. The number of guanidine groups is 1. The van der Waals surface area contributed by atoms with Crippen LogP contribution in [0.4, 0.5) is 0 Å². The summed E-state index contributed by atoms with van der Waals surface area (Å²) >= 11 is 0. The van der Waals surface area contributed by atoms with E-state index in [2.05, 4.69) is 27.4 Å². The fourth-order valence-corrected chi connectivity index (χ4v) is 1.80. The first-order chi connectivity index (χ1) is 10.2. The number of carbonyl (C=O) groups excluding carboxylic acids is 1. The predicted octanol–water partition coefficient (Wildman–Crippen LogP) is 1.71. The van der Waals surface area contributed by atoms with Gasteiger partial charge in [0.1, 0.15) is 0 Å². The molecular weight excluding hydrogens is 268 g/mol. The van der Waals surface area contributed by atoms with Crippen molar-refractivity contribution in [2.75, 3.05) is 33.2 Å². The van der Waals surface area contributed by atoms with Crippen LogP contribution in [0.3, 0.4) is 0 Å². The van der Waals surface area contributed by atoms with Crippen molar-refractivity contribution in [3.63, 3.8) is 0 Å². The maximum absolute atomic E-state index is 11.7. The molecule has 0 aliphatic rings. The average Bonchev–Trinajstić information content (AvgIpc) is 3.02. The van der Waals surface area contributed by atoms with E-state index < -0.39 is 0 Å². The fourth-order valence-electron chi connectivity index (χ4n) is 1.80. The number of hydrogen-bond donors (Lipinski definition) is 2. The van der Waals surface area contributed by atoms with Crippen LogP contribution in [0.25, 0.3) is 0 Å². The van der Waals surface area contributed by atoms with E-state index in [1.807, 2.05) is 14.0 Å². The molecule has 0 bridgehead atoms. The zero-order valence-corrected chi connectivity index (χ0v) is 13.2. The number of hydrogen-bond acceptors (Lipinski definition) is 3. The minimum absolute atomic E-state index is 0.209. The van der Waals surface area contributed by atoms with Gasteiger partial charge in [-0.15, -0.1) is 0 Å². The molecule has 0 aliphatic heterocycles. The van der Waals surface area contributed by atoms with Crippen molar-refractivity contribution >= 4 is 11.9 Å². The number of nitrogens with zero attached hydrogens (tertiary/aromatic N) is 2. The third-order valence-electron chi connectivity index (χ3n) is 2.95. The Morgan fingerprint density at radius 3 is 2.81 bits per heavy atom. The van der Waals surface area contributed by atoms with Crippen LogP contribution >= 0.6 is 0 Å². The highest BCUT2D eigenvalue weighted by Gasteiger charge is 2.07. The van der Waals surface area contributed by atoms with Crippen LogP contribution in [0.15, 0.2) is 27.8 Å². The van der Waals surface area contributed by atoms with Crippen molar-refractivity contribution < 1.29 is 9.21 Å². The Morgan fingerprint density at radius 2 is 2.19 bits per heavy atom. The predicted molar refractivity (Wildman–Crippen MR) is 84.6 cm³/mol. The van der Waals surface area contributed by atoms with Gasteiger partial charge in [0, 0.05) is 26.7 Å². The van der Waals surface area contributed by atoms with Gasteiger partial charge >= 0.3 is 0 Å². The molecule has 118 valence electrons. The smallest absolute Gasteiger partial charge is 0.287 e. The van der Waals surface area contributed by atoms with Gasteiger partial charge in [0.15, 0.2) is 11.7 Å². The molecule has 1 aromatic rings. The van der Waals surface area contributed by atoms with E-state index in [-0.39, 0.29) is 5.91 Å². The van der Waals surface area contributed by atoms with E-state index in [1.54, 1.807) is 12.1 Å². The van der Waals surface area contributed by atoms with E-state index in [9.17, 15) is 4.79 Å². The molecular formula is C15H26N4O2. The molecule has 1 heterocycles. The largest absolute Gasteiger partial charge is 0.459 e. The van der Waals surface area contributed by atoms with Crippen LogP contribution in [-0.2, 0) is 0 Å². The van der Waals surface area contributed by atoms with Crippen molar-refractivity contribution in [2.45, 2.75) is 26.7 Å². The molecule has 0 aromatic carbocycles. The van der Waals surface area contributed by atoms with Crippen LogP contribution in [0.1, 0.15) is 37.2 Å². The van der Waals surface area contributed by atoms with Crippen molar-refractivity contribution in [1.82, 2.24) is 15.5 Å². The first-order valence-corrected chi connectivity index (χ1v) is 7.50. The number of aliphatic imine (C=N–C) groups is 1. The van der Waals surface area contributed by atoms with E-state index in [4.69, 9.17) is 4.42 Å². The number of furan rings is 1. The molecule has 6 heteroatoms. The molecule has 0 atom stereocenters. The highest BCUT2D eigenvalue weighted by atomic mass is 16.3. The van der Waals surface area contributed by atoms with Crippen molar-refractivity contribution in [3.05, 3.63) is 24.2 Å². The Labute approximate surface area is 126 Å². The van der Waals surface area contributed by atoms with Gasteiger partial charge in [-0.2, -0.15) is 0 Å². The zero-order valence-electron chi connectivity index (χ0n) is 13.2. The topological polar surface area (TPSA) is 69.9 Å². The second-order valence-electron chi connectivity index (χ2n) is 4.74. The minimum Gasteiger partial charge on any atom is -0.459 e. The summed E-state index contributed by atoms with van der Waals surface area (Å²) in [6, 6.07) is 3.33. The van der Waals surface area contributed by atoms with Gasteiger partial charge in [0.25, 0.3) is 5.91 Å².